The number of rotatable bonds is 12. The molecule has 0 bridgehead atoms. The van der Waals surface area contributed by atoms with Gasteiger partial charge in [0.05, 0.1) is 13.2 Å². The summed E-state index contributed by atoms with van der Waals surface area (Å²) >= 11 is 0. The van der Waals surface area contributed by atoms with Crippen LogP contribution in [0.5, 0.6) is 0 Å². The molecule has 0 rings (SSSR count). The quantitative estimate of drug-likeness (QED) is 0.538. The lowest BCUT2D eigenvalue weighted by molar-refractivity contribution is -0.139. The number of carbonyl (C=O) groups is 1. The normalized spacial score (nSPS) is 14.6. The van der Waals surface area contributed by atoms with Gasteiger partial charge in [-0.25, -0.2) is 0 Å². The Bertz CT molecular complexity index is 239. The van der Waals surface area contributed by atoms with Gasteiger partial charge in [-0.05, 0) is 19.9 Å². The van der Waals surface area contributed by atoms with Crippen LogP contribution >= 0.6 is 0 Å². The van der Waals surface area contributed by atoms with Gasteiger partial charge in [0.25, 0.3) is 0 Å². The molecule has 0 aromatic carbocycles. The van der Waals surface area contributed by atoms with Crippen LogP contribution in [0.3, 0.4) is 0 Å². The Kier molecular flexibility index (Phi) is 10.8. The Morgan fingerprint density at radius 1 is 1.32 bits per heavy atom. The van der Waals surface area contributed by atoms with Gasteiger partial charge in [0.1, 0.15) is 6.04 Å². The van der Waals surface area contributed by atoms with E-state index in [-0.39, 0.29) is 6.04 Å². The van der Waals surface area contributed by atoms with E-state index in [0.717, 1.165) is 6.54 Å². The number of nitrogens with one attached hydrogen (secondary N) is 1. The fraction of sp³-hybridized carbons (Fsp3) is 0.923. The predicted octanol–water partition coefficient (Wildman–Crippen LogP) is 0.423. The number of carboxylic acids is 1. The number of aliphatic carboxylic acids is 1. The minimum atomic E-state index is -0.798. The summed E-state index contributed by atoms with van der Waals surface area (Å²) in [5.41, 5.74) is 0. The Morgan fingerprint density at radius 2 is 2.00 bits per heavy atom. The second kappa shape index (κ2) is 11.2. The topological polar surface area (TPSA) is 71.0 Å². The van der Waals surface area contributed by atoms with Crippen LogP contribution in [0.15, 0.2) is 0 Å². The SMILES string of the molecule is CCNC(CCN(CCOC)C(C)COC)C(=O)O. The Hall–Kier alpha value is -0.690. The number of carboxylic acid groups (broad SMARTS) is 1. The zero-order valence-electron chi connectivity index (χ0n) is 12.5. The van der Waals surface area contributed by atoms with Gasteiger partial charge in [-0.3, -0.25) is 9.69 Å². The third-order valence-corrected chi connectivity index (χ3v) is 3.07. The van der Waals surface area contributed by atoms with E-state index in [1.165, 1.54) is 0 Å². The highest BCUT2D eigenvalue weighted by atomic mass is 16.5. The van der Waals surface area contributed by atoms with Crippen molar-refractivity contribution < 1.29 is 19.4 Å². The Balaban J connectivity index is 4.32. The Labute approximate surface area is 116 Å². The van der Waals surface area contributed by atoms with Crippen LogP contribution in [0.4, 0.5) is 0 Å². The van der Waals surface area contributed by atoms with Gasteiger partial charge in [-0.1, -0.05) is 6.92 Å². The highest BCUT2D eigenvalue weighted by molar-refractivity contribution is 5.73. The van der Waals surface area contributed by atoms with Gasteiger partial charge < -0.3 is 19.9 Å². The molecule has 2 N–H and O–H groups in total. The van der Waals surface area contributed by atoms with E-state index in [1.54, 1.807) is 14.2 Å². The molecule has 19 heavy (non-hydrogen) atoms. The molecule has 0 fully saturated rings. The fourth-order valence-electron chi connectivity index (χ4n) is 1.96. The van der Waals surface area contributed by atoms with Crippen molar-refractivity contribution in [3.8, 4) is 0 Å². The smallest absolute Gasteiger partial charge is 0.320 e. The monoisotopic (exact) mass is 276 g/mol. The summed E-state index contributed by atoms with van der Waals surface area (Å²) < 4.78 is 10.2. The first-order valence-electron chi connectivity index (χ1n) is 6.74. The van der Waals surface area contributed by atoms with Crippen molar-refractivity contribution in [1.29, 1.82) is 0 Å². The number of methoxy groups -OCH3 is 2. The maximum absolute atomic E-state index is 11.1. The number of hydrogen-bond acceptors (Lipinski definition) is 5. The number of likely N-dealkylation sites (N-methyl/N-ethyl adjacent to an activating group) is 1. The lowest BCUT2D eigenvalue weighted by atomic mass is 10.1. The van der Waals surface area contributed by atoms with Crippen molar-refractivity contribution >= 4 is 5.97 Å². The molecule has 6 heteroatoms. The average Bonchev–Trinajstić information content (AvgIpc) is 2.37. The molecule has 114 valence electrons. The lowest BCUT2D eigenvalue weighted by Crippen LogP contribution is -2.44. The molecule has 2 unspecified atom stereocenters. The fourth-order valence-corrected chi connectivity index (χ4v) is 1.96. The third-order valence-electron chi connectivity index (χ3n) is 3.07. The predicted molar refractivity (Wildman–Crippen MR) is 74.5 cm³/mol. The largest absolute Gasteiger partial charge is 0.480 e. The van der Waals surface area contributed by atoms with Crippen molar-refractivity contribution in [2.75, 3.05) is 47.1 Å². The molecular weight excluding hydrogens is 248 g/mol. The van der Waals surface area contributed by atoms with Crippen molar-refractivity contribution in [3.05, 3.63) is 0 Å². The first kappa shape index (κ1) is 18.3. The summed E-state index contributed by atoms with van der Waals surface area (Å²) in [6.45, 7) is 7.38. The molecule has 0 radical (unpaired) electrons. The third kappa shape index (κ3) is 8.15. The maximum Gasteiger partial charge on any atom is 0.320 e. The highest BCUT2D eigenvalue weighted by Crippen LogP contribution is 2.04. The molecule has 6 nitrogen and oxygen atoms in total. The van der Waals surface area contributed by atoms with Crippen LogP contribution in [0.25, 0.3) is 0 Å². The number of nitrogens with zero attached hydrogens (tertiary/aromatic N) is 1. The van der Waals surface area contributed by atoms with E-state index < -0.39 is 12.0 Å². The van der Waals surface area contributed by atoms with Gasteiger partial charge in [0.15, 0.2) is 0 Å². The van der Waals surface area contributed by atoms with E-state index in [4.69, 9.17) is 14.6 Å². The second-order valence-corrected chi connectivity index (χ2v) is 4.57. The van der Waals surface area contributed by atoms with Gasteiger partial charge in [0, 0.05) is 33.4 Å². The van der Waals surface area contributed by atoms with Crippen LogP contribution in [0.2, 0.25) is 0 Å². The van der Waals surface area contributed by atoms with E-state index in [9.17, 15) is 4.79 Å². The van der Waals surface area contributed by atoms with Crippen molar-refractivity contribution in [2.45, 2.75) is 32.4 Å². The first-order chi connectivity index (χ1) is 9.06. The van der Waals surface area contributed by atoms with Crippen molar-refractivity contribution in [3.63, 3.8) is 0 Å². The molecule has 0 heterocycles. The van der Waals surface area contributed by atoms with Gasteiger partial charge >= 0.3 is 5.97 Å². The zero-order valence-corrected chi connectivity index (χ0v) is 12.5. The molecule has 0 aliphatic heterocycles. The van der Waals surface area contributed by atoms with E-state index >= 15 is 0 Å². The summed E-state index contributed by atoms with van der Waals surface area (Å²) in [6, 6.07) is -0.249. The van der Waals surface area contributed by atoms with E-state index in [2.05, 4.69) is 17.1 Å². The molecule has 0 aliphatic carbocycles. The molecule has 0 aromatic rings. The maximum atomic E-state index is 11.1. The van der Waals surface area contributed by atoms with E-state index in [0.29, 0.717) is 32.7 Å². The van der Waals surface area contributed by atoms with Gasteiger partial charge in [-0.15, -0.1) is 0 Å². The van der Waals surface area contributed by atoms with Crippen LogP contribution < -0.4 is 5.32 Å². The number of hydrogen-bond donors (Lipinski definition) is 2. The summed E-state index contributed by atoms with van der Waals surface area (Å²) in [6.07, 6.45) is 0.570. The summed E-state index contributed by atoms with van der Waals surface area (Å²) in [4.78, 5) is 13.3. The standard InChI is InChI=1S/C13H28N2O4/c1-5-14-12(13(16)17)6-7-15(8-9-18-3)11(2)10-19-4/h11-12,14H,5-10H2,1-4H3,(H,16,17). The minimum Gasteiger partial charge on any atom is -0.480 e. The van der Waals surface area contributed by atoms with Crippen LogP contribution in [-0.2, 0) is 14.3 Å². The lowest BCUT2D eigenvalue weighted by Gasteiger charge is -2.29. The molecule has 0 aromatic heterocycles. The molecule has 0 aliphatic rings. The highest BCUT2D eigenvalue weighted by Gasteiger charge is 2.19. The summed E-state index contributed by atoms with van der Waals surface area (Å²) in [5, 5.41) is 12.1. The summed E-state index contributed by atoms with van der Waals surface area (Å²) in [5.74, 6) is -0.798. The molecular formula is C13H28N2O4. The van der Waals surface area contributed by atoms with E-state index in [1.807, 2.05) is 6.92 Å². The molecule has 0 saturated carbocycles. The first-order valence-corrected chi connectivity index (χ1v) is 6.74. The van der Waals surface area contributed by atoms with Crippen LogP contribution in [0, 0.1) is 0 Å². The number of ether oxygens (including phenoxy) is 2. The summed E-state index contributed by atoms with van der Waals surface area (Å²) in [7, 11) is 3.33. The van der Waals surface area contributed by atoms with Crippen LogP contribution in [0.1, 0.15) is 20.3 Å². The molecule has 0 saturated heterocycles. The minimum absolute atomic E-state index is 0.247. The second-order valence-electron chi connectivity index (χ2n) is 4.57. The van der Waals surface area contributed by atoms with Crippen molar-refractivity contribution in [2.24, 2.45) is 0 Å². The Morgan fingerprint density at radius 3 is 2.47 bits per heavy atom. The van der Waals surface area contributed by atoms with Gasteiger partial charge in [-0.2, -0.15) is 0 Å². The van der Waals surface area contributed by atoms with Crippen molar-refractivity contribution in [1.82, 2.24) is 10.2 Å². The molecule has 0 spiro atoms. The zero-order chi connectivity index (χ0) is 14.7. The molecule has 0 amide bonds. The van der Waals surface area contributed by atoms with Crippen LogP contribution in [-0.4, -0.2) is 75.1 Å². The average molecular weight is 276 g/mol. The van der Waals surface area contributed by atoms with Gasteiger partial charge in [0.2, 0.25) is 0 Å². The molecule has 2 atom stereocenters.